The lowest BCUT2D eigenvalue weighted by Gasteiger charge is -2.12. The second kappa shape index (κ2) is 2.81. The first-order chi connectivity index (χ1) is 5.68. The molecular weight excluding hydrogens is 240 g/mol. The Kier molecular flexibility index (Phi) is 1.92. The average Bonchev–Trinajstić information content (AvgIpc) is 2.39. The summed E-state index contributed by atoms with van der Waals surface area (Å²) in [6, 6.07) is 0. The van der Waals surface area contributed by atoms with Crippen LogP contribution in [0.25, 0.3) is 0 Å². The number of fused-ring (bicyclic) bond motifs is 1. The fourth-order valence-corrected chi connectivity index (χ4v) is 2.75. The van der Waals surface area contributed by atoms with Gasteiger partial charge >= 0.3 is 0 Å². The lowest BCUT2D eigenvalue weighted by molar-refractivity contribution is 0.0985. The molecule has 12 heavy (non-hydrogen) atoms. The van der Waals surface area contributed by atoms with E-state index in [-0.39, 0.29) is 10.6 Å². The van der Waals surface area contributed by atoms with Crippen molar-refractivity contribution in [3.8, 4) is 0 Å². The predicted octanol–water partition coefficient (Wildman–Crippen LogP) is 1.62. The minimum Gasteiger partial charge on any atom is -0.375 e. The van der Waals surface area contributed by atoms with Gasteiger partial charge < -0.3 is 5.73 Å². The van der Waals surface area contributed by atoms with Crippen LogP contribution in [0.3, 0.4) is 0 Å². The van der Waals surface area contributed by atoms with Gasteiger partial charge in [-0.3, -0.25) is 4.79 Å². The van der Waals surface area contributed by atoms with Crippen molar-refractivity contribution in [2.75, 3.05) is 5.73 Å². The van der Waals surface area contributed by atoms with Crippen molar-refractivity contribution in [2.45, 2.75) is 17.7 Å². The lowest BCUT2D eigenvalue weighted by Crippen LogP contribution is -2.20. The molecule has 1 aliphatic rings. The maximum absolute atomic E-state index is 11.5. The van der Waals surface area contributed by atoms with Gasteiger partial charge in [0.05, 0.1) is 15.4 Å². The topological polar surface area (TPSA) is 56.0 Å². The Morgan fingerprint density at radius 1 is 1.67 bits per heavy atom. The van der Waals surface area contributed by atoms with Crippen LogP contribution in [0.1, 0.15) is 21.8 Å². The molecule has 1 atom stereocenters. The fourth-order valence-electron chi connectivity index (χ4n) is 1.27. The number of halogens is 1. The molecule has 0 spiro atoms. The van der Waals surface area contributed by atoms with E-state index < -0.39 is 0 Å². The van der Waals surface area contributed by atoms with Crippen LogP contribution in [-0.4, -0.2) is 15.6 Å². The zero-order valence-electron chi connectivity index (χ0n) is 6.21. The summed E-state index contributed by atoms with van der Waals surface area (Å²) in [5.41, 5.74) is 6.38. The van der Waals surface area contributed by atoms with Crippen molar-refractivity contribution in [3.05, 3.63) is 10.6 Å². The molecule has 1 heterocycles. The highest BCUT2D eigenvalue weighted by atomic mass is 79.9. The van der Waals surface area contributed by atoms with Gasteiger partial charge in [0.25, 0.3) is 0 Å². The second-order valence-corrected chi connectivity index (χ2v) is 4.83. The number of carbonyl (C=O) groups excluding carboxylic acids is 1. The summed E-state index contributed by atoms with van der Waals surface area (Å²) >= 11 is 4.61. The Hall–Kier alpha value is -0.420. The normalized spacial score (nSPS) is 22.4. The van der Waals surface area contributed by atoms with Crippen molar-refractivity contribution in [3.63, 3.8) is 0 Å². The zero-order valence-corrected chi connectivity index (χ0v) is 8.61. The van der Waals surface area contributed by atoms with Gasteiger partial charge in [0.2, 0.25) is 0 Å². The number of alkyl halides is 1. The summed E-state index contributed by atoms with van der Waals surface area (Å²) in [5, 5.41) is 0.495. The summed E-state index contributed by atoms with van der Waals surface area (Å²) in [4.78, 5) is 16.3. The van der Waals surface area contributed by atoms with Crippen LogP contribution >= 0.6 is 27.3 Å². The Morgan fingerprint density at radius 3 is 3.17 bits per heavy atom. The third kappa shape index (κ3) is 1.17. The molecule has 0 saturated carbocycles. The maximum Gasteiger partial charge on any atom is 0.188 e. The molecule has 1 aliphatic carbocycles. The number of rotatable bonds is 0. The molecule has 64 valence electrons. The molecule has 0 bridgehead atoms. The third-order valence-electron chi connectivity index (χ3n) is 1.86. The van der Waals surface area contributed by atoms with Crippen LogP contribution in [0.15, 0.2) is 0 Å². The molecule has 1 aromatic rings. The maximum atomic E-state index is 11.5. The summed E-state index contributed by atoms with van der Waals surface area (Å²) < 4.78 is 0. The van der Waals surface area contributed by atoms with Gasteiger partial charge in [-0.25, -0.2) is 4.98 Å². The summed E-state index contributed by atoms with van der Waals surface area (Å²) in [6.07, 6.45) is 1.68. The highest BCUT2D eigenvalue weighted by molar-refractivity contribution is 9.10. The molecule has 0 saturated heterocycles. The third-order valence-corrected chi connectivity index (χ3v) is 3.67. The molecule has 0 amide bonds. The van der Waals surface area contributed by atoms with Crippen molar-refractivity contribution >= 4 is 38.2 Å². The van der Waals surface area contributed by atoms with Crippen LogP contribution in [0.4, 0.5) is 5.13 Å². The predicted molar refractivity (Wildman–Crippen MR) is 51.9 cm³/mol. The fraction of sp³-hybridized carbons (Fsp3) is 0.429. The smallest absolute Gasteiger partial charge is 0.188 e. The van der Waals surface area contributed by atoms with Gasteiger partial charge in [-0.1, -0.05) is 27.3 Å². The Labute approximate surface area is 82.1 Å². The van der Waals surface area contributed by atoms with E-state index >= 15 is 0 Å². The van der Waals surface area contributed by atoms with Gasteiger partial charge in [-0.2, -0.15) is 0 Å². The molecule has 2 N–H and O–H groups in total. The van der Waals surface area contributed by atoms with E-state index in [9.17, 15) is 4.79 Å². The standard InChI is InChI=1S/C7H7BrN2OS/c8-3-1-2-4-6(5(3)11)12-7(9)10-4/h3H,1-2H2,(H2,9,10). The van der Waals surface area contributed by atoms with Gasteiger partial charge in [-0.05, 0) is 12.8 Å². The molecule has 0 fully saturated rings. The number of anilines is 1. The lowest BCUT2D eigenvalue weighted by atomic mass is 10.0. The van der Waals surface area contributed by atoms with E-state index in [1.807, 2.05) is 0 Å². The van der Waals surface area contributed by atoms with Crippen molar-refractivity contribution in [1.29, 1.82) is 0 Å². The highest BCUT2D eigenvalue weighted by Crippen LogP contribution is 2.30. The van der Waals surface area contributed by atoms with Gasteiger partial charge in [0, 0.05) is 0 Å². The minimum absolute atomic E-state index is 0.0372. The first-order valence-corrected chi connectivity index (χ1v) is 5.35. The highest BCUT2D eigenvalue weighted by Gasteiger charge is 2.28. The van der Waals surface area contributed by atoms with E-state index in [1.165, 1.54) is 11.3 Å². The van der Waals surface area contributed by atoms with Crippen LogP contribution in [0.2, 0.25) is 0 Å². The van der Waals surface area contributed by atoms with E-state index in [1.54, 1.807) is 0 Å². The summed E-state index contributed by atoms with van der Waals surface area (Å²) in [6.45, 7) is 0. The van der Waals surface area contributed by atoms with Gasteiger partial charge in [-0.15, -0.1) is 0 Å². The number of aryl methyl sites for hydroxylation is 1. The number of nitrogens with two attached hydrogens (primary N) is 1. The first kappa shape index (κ1) is 8.19. The van der Waals surface area contributed by atoms with Crippen molar-refractivity contribution in [1.82, 2.24) is 4.98 Å². The zero-order chi connectivity index (χ0) is 8.72. The number of nitrogens with zero attached hydrogens (tertiary/aromatic N) is 1. The largest absolute Gasteiger partial charge is 0.375 e. The number of hydrogen-bond acceptors (Lipinski definition) is 4. The van der Waals surface area contributed by atoms with Crippen LogP contribution < -0.4 is 5.73 Å². The molecule has 0 aliphatic heterocycles. The Balaban J connectivity index is 2.48. The molecule has 0 radical (unpaired) electrons. The molecule has 1 unspecified atom stereocenters. The average molecular weight is 247 g/mol. The van der Waals surface area contributed by atoms with Crippen LogP contribution in [0.5, 0.6) is 0 Å². The number of Topliss-reactive ketones (excluding diaryl/α,β-unsaturated/α-hetero) is 1. The van der Waals surface area contributed by atoms with Crippen LogP contribution in [0, 0.1) is 0 Å². The van der Waals surface area contributed by atoms with Crippen molar-refractivity contribution in [2.24, 2.45) is 0 Å². The molecule has 3 nitrogen and oxygen atoms in total. The number of nitrogen functional groups attached to an aromatic ring is 1. The quantitative estimate of drug-likeness (QED) is 0.708. The van der Waals surface area contributed by atoms with E-state index in [0.717, 1.165) is 23.4 Å². The second-order valence-electron chi connectivity index (χ2n) is 2.70. The molecule has 1 aromatic heterocycles. The van der Waals surface area contributed by atoms with E-state index in [2.05, 4.69) is 20.9 Å². The number of ketones is 1. The van der Waals surface area contributed by atoms with E-state index in [4.69, 9.17) is 5.73 Å². The monoisotopic (exact) mass is 246 g/mol. The van der Waals surface area contributed by atoms with Crippen LogP contribution in [-0.2, 0) is 6.42 Å². The number of thiazole rings is 1. The Bertz CT molecular complexity index is 336. The molecule has 2 rings (SSSR count). The van der Waals surface area contributed by atoms with E-state index in [0.29, 0.717) is 5.13 Å². The number of aromatic nitrogens is 1. The van der Waals surface area contributed by atoms with Gasteiger partial charge in [0.15, 0.2) is 10.9 Å². The summed E-state index contributed by atoms with van der Waals surface area (Å²) in [7, 11) is 0. The molecule has 5 heteroatoms. The number of carbonyl (C=O) groups is 1. The van der Waals surface area contributed by atoms with Crippen molar-refractivity contribution < 1.29 is 4.79 Å². The van der Waals surface area contributed by atoms with Gasteiger partial charge in [0.1, 0.15) is 0 Å². The molecular formula is C7H7BrN2OS. The number of hydrogen-bond donors (Lipinski definition) is 1. The summed E-state index contributed by atoms with van der Waals surface area (Å²) in [5.74, 6) is 0.130. The SMILES string of the molecule is Nc1nc2c(s1)C(=O)C(Br)CC2. The Morgan fingerprint density at radius 2 is 2.42 bits per heavy atom. The first-order valence-electron chi connectivity index (χ1n) is 3.62. The molecule has 0 aromatic carbocycles. The minimum atomic E-state index is -0.0372.